The molecule has 0 saturated heterocycles. The number of carbonyl (C=O) groups excluding carboxylic acids is 3. The lowest BCUT2D eigenvalue weighted by Gasteiger charge is -2.34. The van der Waals surface area contributed by atoms with E-state index < -0.39 is 18.1 Å². The number of unbranched alkanes of at least 4 members (excludes halogenated alkanes) is 22. The lowest BCUT2D eigenvalue weighted by atomic mass is 10.0. The number of likely N-dealkylation sites (N-methyl/N-ethyl adjacent to an activating group) is 1. The van der Waals surface area contributed by atoms with E-state index in [0.717, 1.165) is 64.2 Å². The van der Waals surface area contributed by atoms with Crippen LogP contribution in [0.2, 0.25) is 0 Å². The average Bonchev–Trinajstić information content (AvgIpc) is 3.21. The maximum atomic E-state index is 12.7. The molecule has 348 valence electrons. The van der Waals surface area contributed by atoms with Gasteiger partial charge in [-0.2, -0.15) is 0 Å². The summed E-state index contributed by atoms with van der Waals surface area (Å²) in [4.78, 5) is 36.9. The van der Waals surface area contributed by atoms with Crippen molar-refractivity contribution in [3.8, 4) is 0 Å². The van der Waals surface area contributed by atoms with Crippen LogP contribution in [0.25, 0.3) is 0 Å². The predicted octanol–water partition coefficient (Wildman–Crippen LogP) is 12.6. The molecule has 60 heavy (non-hydrogen) atoms. The van der Waals surface area contributed by atoms with Crippen LogP contribution in [0.1, 0.15) is 213 Å². The van der Waals surface area contributed by atoms with Gasteiger partial charge < -0.3 is 28.6 Å². The topological polar surface area (TPSA) is 102 Å². The Hall–Kier alpha value is -2.71. The van der Waals surface area contributed by atoms with Crippen molar-refractivity contribution in [1.82, 2.24) is 0 Å². The molecule has 8 heteroatoms. The van der Waals surface area contributed by atoms with Gasteiger partial charge in [-0.1, -0.05) is 191 Å². The fraction of sp³-hybridized carbons (Fsp3) is 0.788. The maximum Gasteiger partial charge on any atom is 0.306 e. The molecule has 0 aromatic carbocycles. The number of quaternary nitrogens is 1. The first-order valence-electron chi connectivity index (χ1n) is 24.7. The number of carboxylic acid groups (broad SMARTS) is 1. The fourth-order valence-corrected chi connectivity index (χ4v) is 7.18. The van der Waals surface area contributed by atoms with E-state index in [1.54, 1.807) is 21.1 Å². The van der Waals surface area contributed by atoms with Crippen molar-refractivity contribution in [1.29, 1.82) is 0 Å². The zero-order valence-electron chi connectivity index (χ0n) is 39.6. The highest BCUT2D eigenvalue weighted by Crippen LogP contribution is 2.15. The zero-order valence-corrected chi connectivity index (χ0v) is 39.6. The third kappa shape index (κ3) is 40.7. The molecule has 0 aliphatic carbocycles. The van der Waals surface area contributed by atoms with E-state index in [4.69, 9.17) is 14.2 Å². The molecule has 0 rings (SSSR count). The van der Waals surface area contributed by atoms with Gasteiger partial charge in [0.25, 0.3) is 0 Å². The van der Waals surface area contributed by atoms with Gasteiger partial charge in [0.2, 0.25) is 0 Å². The molecule has 0 fully saturated rings. The molecule has 0 bridgehead atoms. The van der Waals surface area contributed by atoms with E-state index in [2.05, 4.69) is 62.5 Å². The summed E-state index contributed by atoms with van der Waals surface area (Å²) >= 11 is 0. The van der Waals surface area contributed by atoms with Crippen molar-refractivity contribution in [3.63, 3.8) is 0 Å². The van der Waals surface area contributed by atoms with Crippen LogP contribution >= 0.6 is 0 Å². The average molecular weight is 844 g/mol. The Morgan fingerprint density at radius 2 is 0.933 bits per heavy atom. The lowest BCUT2D eigenvalue weighted by Crippen LogP contribution is -2.55. The van der Waals surface area contributed by atoms with Gasteiger partial charge in [0.1, 0.15) is 12.6 Å². The number of hydrogen-bond donors (Lipinski definition) is 0. The van der Waals surface area contributed by atoms with Crippen LogP contribution in [0, 0.1) is 0 Å². The molecule has 0 amide bonds. The molecular formula is C52H93NO7. The highest BCUT2D eigenvalue weighted by atomic mass is 16.6. The minimum atomic E-state index is -1.12. The van der Waals surface area contributed by atoms with E-state index in [1.807, 2.05) is 0 Å². The first kappa shape index (κ1) is 57.3. The highest BCUT2D eigenvalue weighted by molar-refractivity contribution is 5.70. The van der Waals surface area contributed by atoms with Gasteiger partial charge in [-0.15, -0.1) is 0 Å². The van der Waals surface area contributed by atoms with E-state index in [-0.39, 0.29) is 42.7 Å². The Bertz CT molecular complexity index is 1120. The van der Waals surface area contributed by atoms with Crippen molar-refractivity contribution >= 4 is 17.9 Å². The number of ether oxygens (including phenoxy) is 3. The second kappa shape index (κ2) is 43.0. The van der Waals surface area contributed by atoms with E-state index in [0.29, 0.717) is 12.8 Å². The summed E-state index contributed by atoms with van der Waals surface area (Å²) in [6.07, 6.45) is 51.3. The first-order valence-corrected chi connectivity index (χ1v) is 24.7. The van der Waals surface area contributed by atoms with Crippen LogP contribution in [-0.2, 0) is 28.6 Å². The SMILES string of the molecule is CC/C=C/C/C=C/C/C=C/C/C=C/CCCCCCCCCCCCC(=O)OCC(COCCC(C(=O)[O-])[N+](C)(C)C)OC(=O)CCCCCCCCCCCCCCC. The summed E-state index contributed by atoms with van der Waals surface area (Å²) in [5.41, 5.74) is 0. The molecule has 0 aromatic heterocycles. The summed E-state index contributed by atoms with van der Waals surface area (Å²) in [5.74, 6) is -1.73. The van der Waals surface area contributed by atoms with Crippen molar-refractivity contribution in [3.05, 3.63) is 48.6 Å². The minimum absolute atomic E-state index is 0.0415. The molecule has 0 aliphatic rings. The van der Waals surface area contributed by atoms with Crippen LogP contribution < -0.4 is 5.11 Å². The molecule has 0 heterocycles. The second-order valence-corrected chi connectivity index (χ2v) is 17.7. The smallest absolute Gasteiger partial charge is 0.306 e. The van der Waals surface area contributed by atoms with Crippen LogP contribution in [-0.4, -0.2) is 75.5 Å². The Morgan fingerprint density at radius 3 is 1.38 bits per heavy atom. The van der Waals surface area contributed by atoms with E-state index in [9.17, 15) is 19.5 Å². The van der Waals surface area contributed by atoms with Crippen LogP contribution in [0.15, 0.2) is 48.6 Å². The Kier molecular flexibility index (Phi) is 41.0. The zero-order chi connectivity index (χ0) is 44.2. The summed E-state index contributed by atoms with van der Waals surface area (Å²) in [6, 6.07) is -0.725. The molecule has 8 nitrogen and oxygen atoms in total. The number of esters is 2. The summed E-state index contributed by atoms with van der Waals surface area (Å²) in [7, 11) is 5.41. The molecule has 2 unspecified atom stereocenters. The summed E-state index contributed by atoms with van der Waals surface area (Å²) in [6.45, 7) is 4.56. The number of carbonyl (C=O) groups is 3. The van der Waals surface area contributed by atoms with E-state index >= 15 is 0 Å². The van der Waals surface area contributed by atoms with Crippen molar-refractivity contribution in [2.24, 2.45) is 0 Å². The second-order valence-electron chi connectivity index (χ2n) is 17.7. The van der Waals surface area contributed by atoms with Crippen LogP contribution in [0.4, 0.5) is 0 Å². The predicted molar refractivity (Wildman–Crippen MR) is 250 cm³/mol. The van der Waals surface area contributed by atoms with Crippen molar-refractivity contribution in [2.45, 2.75) is 225 Å². The minimum Gasteiger partial charge on any atom is -0.544 e. The van der Waals surface area contributed by atoms with Crippen LogP contribution in [0.3, 0.4) is 0 Å². The van der Waals surface area contributed by atoms with Gasteiger partial charge in [0.05, 0.1) is 40.3 Å². The van der Waals surface area contributed by atoms with Crippen molar-refractivity contribution < 1.29 is 38.2 Å². The lowest BCUT2D eigenvalue weighted by molar-refractivity contribution is -0.889. The van der Waals surface area contributed by atoms with Gasteiger partial charge >= 0.3 is 11.9 Å². The Balaban J connectivity index is 4.20. The van der Waals surface area contributed by atoms with Gasteiger partial charge in [-0.05, 0) is 51.4 Å². The summed E-state index contributed by atoms with van der Waals surface area (Å²) < 4.78 is 17.2. The van der Waals surface area contributed by atoms with Gasteiger partial charge in [-0.3, -0.25) is 9.59 Å². The largest absolute Gasteiger partial charge is 0.544 e. The molecule has 0 spiro atoms. The summed E-state index contributed by atoms with van der Waals surface area (Å²) in [5, 5.41) is 11.6. The maximum absolute atomic E-state index is 12.7. The van der Waals surface area contributed by atoms with Gasteiger partial charge in [-0.25, -0.2) is 0 Å². The Morgan fingerprint density at radius 1 is 0.517 bits per heavy atom. The number of carboxylic acids is 1. The van der Waals surface area contributed by atoms with Crippen LogP contribution in [0.5, 0.6) is 0 Å². The molecular weight excluding hydrogens is 751 g/mol. The normalized spacial score (nSPS) is 13.3. The number of aliphatic carboxylic acids is 1. The fourth-order valence-electron chi connectivity index (χ4n) is 7.18. The molecule has 0 N–H and O–H groups in total. The molecule has 0 aromatic rings. The van der Waals surface area contributed by atoms with Gasteiger partial charge in [0, 0.05) is 19.3 Å². The monoisotopic (exact) mass is 844 g/mol. The number of hydrogen-bond acceptors (Lipinski definition) is 7. The van der Waals surface area contributed by atoms with Gasteiger partial charge in [0.15, 0.2) is 6.10 Å². The molecule has 0 radical (unpaired) electrons. The molecule has 2 atom stereocenters. The quantitative estimate of drug-likeness (QED) is 0.0260. The van der Waals surface area contributed by atoms with E-state index in [1.165, 1.54) is 116 Å². The third-order valence-corrected chi connectivity index (χ3v) is 11.0. The Labute approximate surface area is 369 Å². The number of allylic oxidation sites excluding steroid dienone is 8. The molecule has 0 aliphatic heterocycles. The van der Waals surface area contributed by atoms with Crippen molar-refractivity contribution in [2.75, 3.05) is 41.0 Å². The first-order chi connectivity index (χ1) is 29.1. The standard InChI is InChI=1S/C52H93NO7/c1-6-8-10-12-14-16-18-20-21-22-23-24-25-26-27-28-29-31-32-34-36-38-40-42-50(54)59-47-48(46-58-45-44-49(52(56)57)53(3,4)5)60-51(55)43-41-39-37-35-33-30-19-17-15-13-11-9-7-2/h8,10,14,16,20-21,23-24,48-49H,6-7,9,11-13,15,17-19,22,25-47H2,1-5H3/b10-8+,16-14+,21-20+,24-23+. The number of nitrogens with zero attached hydrogens (tertiary/aromatic N) is 1. The molecule has 0 saturated carbocycles. The third-order valence-electron chi connectivity index (χ3n) is 11.0. The number of rotatable bonds is 44. The highest BCUT2D eigenvalue weighted by Gasteiger charge is 2.25.